The van der Waals surface area contributed by atoms with Crippen molar-refractivity contribution in [2.75, 3.05) is 27.2 Å². The van der Waals surface area contributed by atoms with E-state index < -0.39 is 0 Å². The molecule has 0 radical (unpaired) electrons. The summed E-state index contributed by atoms with van der Waals surface area (Å²) in [5.41, 5.74) is 0.997. The van der Waals surface area contributed by atoms with E-state index in [1.54, 1.807) is 14.1 Å². The van der Waals surface area contributed by atoms with Crippen LogP contribution < -0.4 is 10.6 Å². The van der Waals surface area contributed by atoms with Crippen molar-refractivity contribution in [2.24, 2.45) is 4.99 Å². The van der Waals surface area contributed by atoms with Gasteiger partial charge in [0.2, 0.25) is 5.91 Å². The van der Waals surface area contributed by atoms with Crippen molar-refractivity contribution in [1.82, 2.24) is 20.7 Å². The fraction of sp³-hybridized carbons (Fsp3) is 0.688. The molecule has 0 aliphatic carbocycles. The number of halogens is 1. The van der Waals surface area contributed by atoms with Crippen molar-refractivity contribution in [2.45, 2.75) is 46.1 Å². The number of nitrogens with zero attached hydrogens (tertiary/aromatic N) is 3. The topological polar surface area (TPSA) is 82.8 Å². The van der Waals surface area contributed by atoms with Gasteiger partial charge in [0, 0.05) is 32.6 Å². The quantitative estimate of drug-likeness (QED) is 0.360. The van der Waals surface area contributed by atoms with E-state index >= 15 is 0 Å². The second kappa shape index (κ2) is 12.1. The van der Waals surface area contributed by atoms with Crippen LogP contribution in [0, 0.1) is 0 Å². The van der Waals surface area contributed by atoms with E-state index in [2.05, 4.69) is 34.6 Å². The summed E-state index contributed by atoms with van der Waals surface area (Å²) >= 11 is 0. The smallest absolute Gasteiger partial charge is 0.243 e. The molecule has 0 bridgehead atoms. The van der Waals surface area contributed by atoms with E-state index in [1.165, 1.54) is 4.90 Å². The van der Waals surface area contributed by atoms with Crippen LogP contribution in [-0.4, -0.2) is 49.1 Å². The molecule has 0 aromatic carbocycles. The molecule has 0 atom stereocenters. The van der Waals surface area contributed by atoms with Crippen molar-refractivity contribution in [3.05, 3.63) is 17.5 Å². The van der Waals surface area contributed by atoms with E-state index in [9.17, 15) is 4.79 Å². The van der Waals surface area contributed by atoms with Gasteiger partial charge in [-0.05, 0) is 19.8 Å². The van der Waals surface area contributed by atoms with Crippen molar-refractivity contribution in [3.63, 3.8) is 0 Å². The van der Waals surface area contributed by atoms with Crippen molar-refractivity contribution >= 4 is 35.8 Å². The molecule has 1 rings (SSSR count). The van der Waals surface area contributed by atoms with Crippen LogP contribution in [0.4, 0.5) is 0 Å². The van der Waals surface area contributed by atoms with E-state index in [0.29, 0.717) is 18.4 Å². The number of amides is 1. The zero-order valence-electron chi connectivity index (χ0n) is 15.3. The Morgan fingerprint density at radius 2 is 1.96 bits per heavy atom. The molecule has 2 N–H and O–H groups in total. The predicted molar refractivity (Wildman–Crippen MR) is 107 cm³/mol. The van der Waals surface area contributed by atoms with E-state index in [4.69, 9.17) is 4.52 Å². The van der Waals surface area contributed by atoms with Crippen LogP contribution in [0.5, 0.6) is 0 Å². The molecule has 1 amide bonds. The maximum absolute atomic E-state index is 11.6. The van der Waals surface area contributed by atoms with Crippen LogP contribution in [0.15, 0.2) is 15.6 Å². The Labute approximate surface area is 161 Å². The van der Waals surface area contributed by atoms with Crippen LogP contribution in [0.1, 0.15) is 51.0 Å². The Balaban J connectivity index is 0.00000529. The Kier molecular flexibility index (Phi) is 11.4. The zero-order valence-corrected chi connectivity index (χ0v) is 17.6. The number of hydrogen-bond donors (Lipinski definition) is 2. The Bertz CT molecular complexity index is 512. The van der Waals surface area contributed by atoms with Gasteiger partial charge in [-0.25, -0.2) is 4.99 Å². The van der Waals surface area contributed by atoms with Gasteiger partial charge in [-0.2, -0.15) is 0 Å². The van der Waals surface area contributed by atoms with Crippen LogP contribution in [-0.2, 0) is 11.3 Å². The van der Waals surface area contributed by atoms with Crippen molar-refractivity contribution in [3.8, 4) is 0 Å². The first-order chi connectivity index (χ1) is 11.0. The van der Waals surface area contributed by atoms with Gasteiger partial charge in [0.05, 0.1) is 12.2 Å². The molecule has 1 aromatic rings. The lowest BCUT2D eigenvalue weighted by molar-refractivity contribution is -0.127. The number of carbonyl (C=O) groups is 1. The van der Waals surface area contributed by atoms with Crippen molar-refractivity contribution in [1.29, 1.82) is 0 Å². The SMILES string of the molecule is CCNC(=NCC(=O)N(C)C)NCc1cc(C(CC)CC)no1.I. The lowest BCUT2D eigenvalue weighted by atomic mass is 9.99. The highest BCUT2D eigenvalue weighted by Crippen LogP contribution is 2.22. The molecular weight excluding hydrogens is 421 g/mol. The standard InChI is InChI=1S/C16H29N5O2.HI/c1-6-12(7-2)14-9-13(23-20-14)10-18-16(17-8-3)19-11-15(22)21(4)5;/h9,12H,6-8,10-11H2,1-5H3,(H2,17,18,19);1H. The summed E-state index contributed by atoms with van der Waals surface area (Å²) in [6, 6.07) is 1.99. The van der Waals surface area contributed by atoms with Gasteiger partial charge < -0.3 is 20.1 Å². The first-order valence-corrected chi connectivity index (χ1v) is 8.19. The highest BCUT2D eigenvalue weighted by Gasteiger charge is 2.13. The zero-order chi connectivity index (χ0) is 17.2. The lowest BCUT2D eigenvalue weighted by Crippen LogP contribution is -2.38. The normalized spacial score (nSPS) is 11.2. The molecule has 0 aliphatic rings. The maximum atomic E-state index is 11.6. The number of nitrogens with one attached hydrogen (secondary N) is 2. The van der Waals surface area contributed by atoms with Gasteiger partial charge >= 0.3 is 0 Å². The Hall–Kier alpha value is -1.32. The van der Waals surface area contributed by atoms with Gasteiger partial charge in [0.15, 0.2) is 11.7 Å². The van der Waals surface area contributed by atoms with Gasteiger partial charge in [-0.1, -0.05) is 19.0 Å². The fourth-order valence-electron chi connectivity index (χ4n) is 2.11. The van der Waals surface area contributed by atoms with Gasteiger partial charge in [0.1, 0.15) is 6.54 Å². The Morgan fingerprint density at radius 1 is 1.29 bits per heavy atom. The van der Waals surface area contributed by atoms with E-state index in [1.807, 2.05) is 13.0 Å². The van der Waals surface area contributed by atoms with Crippen LogP contribution >= 0.6 is 24.0 Å². The van der Waals surface area contributed by atoms with Gasteiger partial charge in [-0.3, -0.25) is 4.79 Å². The number of aliphatic imine (C=N–C) groups is 1. The summed E-state index contributed by atoms with van der Waals surface area (Å²) in [6.45, 7) is 7.59. The first-order valence-electron chi connectivity index (χ1n) is 8.19. The number of likely N-dealkylation sites (N-methyl/N-ethyl adjacent to an activating group) is 1. The van der Waals surface area contributed by atoms with E-state index in [-0.39, 0.29) is 36.4 Å². The van der Waals surface area contributed by atoms with Crippen LogP contribution in [0.3, 0.4) is 0 Å². The number of carbonyl (C=O) groups excluding carboxylic acids is 1. The molecule has 8 heteroatoms. The molecule has 138 valence electrons. The lowest BCUT2D eigenvalue weighted by Gasteiger charge is -2.11. The average Bonchev–Trinajstić information content (AvgIpc) is 2.99. The molecule has 0 saturated carbocycles. The molecule has 0 fully saturated rings. The van der Waals surface area contributed by atoms with Gasteiger partial charge in [-0.15, -0.1) is 24.0 Å². The molecule has 7 nitrogen and oxygen atoms in total. The summed E-state index contributed by atoms with van der Waals surface area (Å²) < 4.78 is 5.37. The molecule has 24 heavy (non-hydrogen) atoms. The minimum atomic E-state index is -0.0436. The highest BCUT2D eigenvalue weighted by atomic mass is 127. The van der Waals surface area contributed by atoms with Crippen LogP contribution in [0.25, 0.3) is 0 Å². The average molecular weight is 451 g/mol. The maximum Gasteiger partial charge on any atom is 0.243 e. The van der Waals surface area contributed by atoms with Gasteiger partial charge in [0.25, 0.3) is 0 Å². The molecular formula is C16H30IN5O2. The summed E-state index contributed by atoms with van der Waals surface area (Å²) in [6.07, 6.45) is 2.10. The summed E-state index contributed by atoms with van der Waals surface area (Å²) in [4.78, 5) is 17.4. The number of guanidine groups is 1. The minimum absolute atomic E-state index is 0. The van der Waals surface area contributed by atoms with Crippen LogP contribution in [0.2, 0.25) is 0 Å². The van der Waals surface area contributed by atoms with Crippen molar-refractivity contribution < 1.29 is 9.32 Å². The number of rotatable bonds is 8. The first kappa shape index (κ1) is 22.7. The molecule has 1 heterocycles. The second-order valence-electron chi connectivity index (χ2n) is 5.57. The number of hydrogen-bond acceptors (Lipinski definition) is 4. The monoisotopic (exact) mass is 451 g/mol. The highest BCUT2D eigenvalue weighted by molar-refractivity contribution is 14.0. The summed E-state index contributed by atoms with van der Waals surface area (Å²) in [7, 11) is 3.43. The third kappa shape index (κ3) is 7.50. The second-order valence-corrected chi connectivity index (χ2v) is 5.57. The molecule has 0 spiro atoms. The van der Waals surface area contributed by atoms with E-state index in [0.717, 1.165) is 30.8 Å². The molecule has 1 aromatic heterocycles. The third-order valence-corrected chi connectivity index (χ3v) is 3.63. The minimum Gasteiger partial charge on any atom is -0.359 e. The molecule has 0 unspecified atom stereocenters. The predicted octanol–water partition coefficient (Wildman–Crippen LogP) is 2.34. The Morgan fingerprint density at radius 3 is 2.50 bits per heavy atom. The third-order valence-electron chi connectivity index (χ3n) is 3.63. The fourth-order valence-corrected chi connectivity index (χ4v) is 2.11. The molecule has 0 saturated heterocycles. The largest absolute Gasteiger partial charge is 0.359 e. The number of aromatic nitrogens is 1. The molecule has 0 aliphatic heterocycles. The summed E-state index contributed by atoms with van der Waals surface area (Å²) in [5, 5.41) is 10.4. The summed E-state index contributed by atoms with van der Waals surface area (Å²) in [5.74, 6) is 1.74.